The van der Waals surface area contributed by atoms with Crippen molar-refractivity contribution in [2.75, 3.05) is 6.54 Å². The first-order valence-electron chi connectivity index (χ1n) is 14.9. The van der Waals surface area contributed by atoms with Crippen molar-refractivity contribution in [2.45, 2.75) is 70.6 Å². The van der Waals surface area contributed by atoms with Crippen LogP contribution in [0.4, 0.5) is 31.1 Å². The zero-order valence-corrected chi connectivity index (χ0v) is 25.3. The standard InChI is InChI=1S/C34H32F6N2O4/c1-4-41(31(44)22-13-14-22)18-25-16-27(33(35,36)37)28(34(38,39)40)17-26(25)24-12-8-11-23(15-24)19(2)30(43)42-20(3)29(46-32(42)45)21-9-6-5-7-10-21/h5-12,15-17,19-20,22,29H,4,13-14,18H2,1-3H3/t19-,20+,29+/m0/s1. The number of amides is 3. The van der Waals surface area contributed by atoms with Gasteiger partial charge in [0, 0.05) is 19.0 Å². The predicted molar refractivity (Wildman–Crippen MR) is 156 cm³/mol. The Bertz CT molecular complexity index is 1630. The van der Waals surface area contributed by atoms with Gasteiger partial charge < -0.3 is 9.64 Å². The van der Waals surface area contributed by atoms with Crippen molar-refractivity contribution in [3.05, 3.63) is 94.5 Å². The molecule has 5 rings (SSSR count). The van der Waals surface area contributed by atoms with Gasteiger partial charge in [0.1, 0.15) is 6.10 Å². The molecule has 0 N–H and O–H groups in total. The molecule has 3 amide bonds. The smallest absolute Gasteiger partial charge is 0.417 e. The van der Waals surface area contributed by atoms with Gasteiger partial charge in [-0.25, -0.2) is 9.69 Å². The van der Waals surface area contributed by atoms with Crippen molar-refractivity contribution in [3.63, 3.8) is 0 Å². The van der Waals surface area contributed by atoms with Crippen molar-refractivity contribution in [2.24, 2.45) is 5.92 Å². The Morgan fingerprint density at radius 3 is 2.15 bits per heavy atom. The average molecular weight is 647 g/mol. The molecule has 46 heavy (non-hydrogen) atoms. The lowest BCUT2D eigenvalue weighted by atomic mass is 9.89. The van der Waals surface area contributed by atoms with Gasteiger partial charge in [-0.05, 0) is 73.6 Å². The monoisotopic (exact) mass is 646 g/mol. The lowest BCUT2D eigenvalue weighted by Crippen LogP contribution is -2.40. The first-order chi connectivity index (χ1) is 21.6. The first kappa shape index (κ1) is 33.0. The molecule has 6 nitrogen and oxygen atoms in total. The molecule has 1 saturated carbocycles. The van der Waals surface area contributed by atoms with Crippen LogP contribution in [0.1, 0.15) is 73.5 Å². The van der Waals surface area contributed by atoms with Gasteiger partial charge >= 0.3 is 18.4 Å². The van der Waals surface area contributed by atoms with E-state index in [9.17, 15) is 40.7 Å². The summed E-state index contributed by atoms with van der Waals surface area (Å²) in [5.74, 6) is -2.09. The van der Waals surface area contributed by atoms with Crippen LogP contribution in [0.25, 0.3) is 11.1 Å². The largest absolute Gasteiger partial charge is 0.439 e. The van der Waals surface area contributed by atoms with Crippen LogP contribution in [0, 0.1) is 5.92 Å². The lowest BCUT2D eigenvalue weighted by molar-refractivity contribution is -0.162. The quantitative estimate of drug-likeness (QED) is 0.231. The van der Waals surface area contributed by atoms with Crippen LogP contribution in [0.15, 0.2) is 66.7 Å². The molecule has 0 aromatic heterocycles. The van der Waals surface area contributed by atoms with E-state index < -0.39 is 53.5 Å². The fourth-order valence-electron chi connectivity index (χ4n) is 5.83. The minimum Gasteiger partial charge on any atom is -0.439 e. The van der Waals surface area contributed by atoms with Gasteiger partial charge in [-0.2, -0.15) is 26.3 Å². The van der Waals surface area contributed by atoms with Crippen molar-refractivity contribution in [1.29, 1.82) is 0 Å². The number of hydrogen-bond donors (Lipinski definition) is 0. The van der Waals surface area contributed by atoms with Crippen molar-refractivity contribution in [1.82, 2.24) is 9.80 Å². The Labute approximate surface area is 261 Å². The molecule has 3 aromatic carbocycles. The minimum atomic E-state index is -5.32. The zero-order chi connectivity index (χ0) is 33.6. The Balaban J connectivity index is 1.53. The molecule has 0 radical (unpaired) electrons. The van der Waals surface area contributed by atoms with Crippen LogP contribution >= 0.6 is 0 Å². The van der Waals surface area contributed by atoms with E-state index in [1.54, 1.807) is 50.2 Å². The third-order valence-corrected chi connectivity index (χ3v) is 8.54. The van der Waals surface area contributed by atoms with E-state index >= 15 is 0 Å². The molecule has 1 aliphatic heterocycles. The highest BCUT2D eigenvalue weighted by Gasteiger charge is 2.46. The molecule has 3 aromatic rings. The summed E-state index contributed by atoms with van der Waals surface area (Å²) in [5, 5.41) is 0. The van der Waals surface area contributed by atoms with Gasteiger partial charge in [-0.1, -0.05) is 54.6 Å². The van der Waals surface area contributed by atoms with E-state index in [0.717, 1.165) is 4.90 Å². The molecule has 3 atom stereocenters. The minimum absolute atomic E-state index is 0.116. The number of halogens is 6. The highest BCUT2D eigenvalue weighted by atomic mass is 19.4. The van der Waals surface area contributed by atoms with Crippen molar-refractivity contribution < 1.29 is 45.5 Å². The van der Waals surface area contributed by atoms with Crippen LogP contribution in [0.3, 0.4) is 0 Å². The second kappa shape index (κ2) is 12.4. The summed E-state index contributed by atoms with van der Waals surface area (Å²) in [6, 6.07) is 15.0. The zero-order valence-electron chi connectivity index (χ0n) is 25.3. The average Bonchev–Trinajstić information content (AvgIpc) is 3.82. The van der Waals surface area contributed by atoms with Gasteiger partial charge in [-0.3, -0.25) is 9.59 Å². The Morgan fingerprint density at radius 1 is 0.935 bits per heavy atom. The van der Waals surface area contributed by atoms with Crippen LogP contribution in [-0.2, 0) is 33.2 Å². The topological polar surface area (TPSA) is 66.9 Å². The van der Waals surface area contributed by atoms with Gasteiger partial charge in [0.15, 0.2) is 0 Å². The third kappa shape index (κ3) is 6.61. The molecular weight excluding hydrogens is 614 g/mol. The number of carbonyl (C=O) groups is 3. The molecule has 1 aliphatic carbocycles. The Morgan fingerprint density at radius 2 is 1.57 bits per heavy atom. The van der Waals surface area contributed by atoms with E-state index in [1.165, 1.54) is 30.0 Å². The van der Waals surface area contributed by atoms with Crippen molar-refractivity contribution >= 4 is 17.9 Å². The van der Waals surface area contributed by atoms with E-state index in [0.29, 0.717) is 36.1 Å². The maximum absolute atomic E-state index is 14.0. The molecular formula is C34H32F6N2O4. The van der Waals surface area contributed by atoms with E-state index in [2.05, 4.69) is 0 Å². The van der Waals surface area contributed by atoms with Crippen molar-refractivity contribution in [3.8, 4) is 11.1 Å². The van der Waals surface area contributed by atoms with Gasteiger partial charge in [-0.15, -0.1) is 0 Å². The number of alkyl halides is 6. The fraction of sp³-hybridized carbons (Fsp3) is 0.382. The van der Waals surface area contributed by atoms with E-state index in [1.807, 2.05) is 0 Å². The summed E-state index contributed by atoms with van der Waals surface area (Å²) >= 11 is 0. The van der Waals surface area contributed by atoms with Gasteiger partial charge in [0.25, 0.3) is 0 Å². The van der Waals surface area contributed by atoms with E-state index in [4.69, 9.17) is 4.74 Å². The number of rotatable bonds is 8. The maximum atomic E-state index is 14.0. The Hall–Kier alpha value is -4.35. The SMILES string of the molecule is CCN(Cc1cc(C(F)(F)F)c(C(F)(F)F)cc1-c1cccc([C@H](C)C(=O)N2C(=O)O[C@@H](c3ccccc3)[C@H]2C)c1)C(=O)C1CC1. The molecule has 12 heteroatoms. The van der Waals surface area contributed by atoms with Crippen LogP contribution in [0.5, 0.6) is 0 Å². The second-order valence-corrected chi connectivity index (χ2v) is 11.7. The highest BCUT2D eigenvalue weighted by Crippen LogP contribution is 2.44. The predicted octanol–water partition coefficient (Wildman–Crippen LogP) is 8.36. The number of carbonyl (C=O) groups excluding carboxylic acids is 3. The number of ether oxygens (including phenoxy) is 1. The molecule has 0 bridgehead atoms. The second-order valence-electron chi connectivity index (χ2n) is 11.7. The van der Waals surface area contributed by atoms with E-state index in [-0.39, 0.29) is 41.6 Å². The summed E-state index contributed by atoms with van der Waals surface area (Å²) in [5.41, 5.74) is -2.82. The van der Waals surface area contributed by atoms with Gasteiger partial charge in [0.05, 0.1) is 23.1 Å². The van der Waals surface area contributed by atoms with Crippen LogP contribution < -0.4 is 0 Å². The molecule has 2 fully saturated rings. The van der Waals surface area contributed by atoms with Crippen LogP contribution in [0.2, 0.25) is 0 Å². The summed E-state index contributed by atoms with van der Waals surface area (Å²) in [6.45, 7) is 4.66. The number of imide groups is 1. The molecule has 1 heterocycles. The lowest BCUT2D eigenvalue weighted by Gasteiger charge is -2.26. The number of nitrogens with zero attached hydrogens (tertiary/aromatic N) is 2. The molecule has 1 saturated heterocycles. The number of hydrogen-bond acceptors (Lipinski definition) is 4. The normalized spacial score (nSPS) is 19.2. The molecule has 0 unspecified atom stereocenters. The first-order valence-corrected chi connectivity index (χ1v) is 14.9. The third-order valence-electron chi connectivity index (χ3n) is 8.54. The highest BCUT2D eigenvalue weighted by molar-refractivity contribution is 5.97. The molecule has 2 aliphatic rings. The van der Waals surface area contributed by atoms with Crippen LogP contribution in [-0.4, -0.2) is 40.3 Å². The number of benzene rings is 3. The fourth-order valence-corrected chi connectivity index (χ4v) is 5.83. The number of cyclic esters (lactones) is 1. The summed E-state index contributed by atoms with van der Waals surface area (Å²) in [4.78, 5) is 41.6. The summed E-state index contributed by atoms with van der Waals surface area (Å²) < 4.78 is 89.5. The molecule has 0 spiro atoms. The van der Waals surface area contributed by atoms with Gasteiger partial charge in [0.2, 0.25) is 11.8 Å². The summed E-state index contributed by atoms with van der Waals surface area (Å²) in [6.07, 6.45) is -10.9. The molecule has 244 valence electrons. The Kier molecular flexibility index (Phi) is 8.94. The summed E-state index contributed by atoms with van der Waals surface area (Å²) in [7, 11) is 0. The maximum Gasteiger partial charge on any atom is 0.417 e.